The quantitative estimate of drug-likeness (QED) is 0.879. The van der Waals surface area contributed by atoms with Gasteiger partial charge in [-0.3, -0.25) is 0 Å². The number of hydrogen-bond acceptors (Lipinski definition) is 2. The number of anilines is 2. The molecule has 1 atom stereocenters. The molecule has 0 saturated heterocycles. The summed E-state index contributed by atoms with van der Waals surface area (Å²) in [5, 5.41) is 10.2. The molecule has 2 aromatic rings. The van der Waals surface area contributed by atoms with Crippen LogP contribution in [0.25, 0.3) is 0 Å². The van der Waals surface area contributed by atoms with E-state index in [0.29, 0.717) is 5.02 Å². The Kier molecular flexibility index (Phi) is 4.36. The lowest BCUT2D eigenvalue weighted by atomic mass is 10.1. The zero-order valence-corrected chi connectivity index (χ0v) is 13.1. The van der Waals surface area contributed by atoms with E-state index in [4.69, 9.17) is 11.6 Å². The van der Waals surface area contributed by atoms with Gasteiger partial charge < -0.3 is 10.0 Å². The van der Waals surface area contributed by atoms with Gasteiger partial charge in [0.2, 0.25) is 0 Å². The second-order valence-electron chi connectivity index (χ2n) is 5.29. The summed E-state index contributed by atoms with van der Waals surface area (Å²) < 4.78 is 0. The van der Waals surface area contributed by atoms with E-state index >= 15 is 0 Å². The van der Waals surface area contributed by atoms with E-state index in [2.05, 4.69) is 36.9 Å². The number of hydrogen-bond donors (Lipinski definition) is 1. The third-order valence-electron chi connectivity index (χ3n) is 3.41. The van der Waals surface area contributed by atoms with Gasteiger partial charge in [-0.1, -0.05) is 23.7 Å². The molecule has 2 rings (SSSR count). The highest BCUT2D eigenvalue weighted by molar-refractivity contribution is 6.33. The number of nitrogens with zero attached hydrogens (tertiary/aromatic N) is 1. The van der Waals surface area contributed by atoms with Crippen LogP contribution in [0.1, 0.15) is 29.7 Å². The molecule has 0 spiro atoms. The first kappa shape index (κ1) is 14.9. The highest BCUT2D eigenvalue weighted by Gasteiger charge is 2.11. The van der Waals surface area contributed by atoms with Gasteiger partial charge in [0.25, 0.3) is 0 Å². The molecule has 2 nitrogen and oxygen atoms in total. The third kappa shape index (κ3) is 3.14. The van der Waals surface area contributed by atoms with Crippen LogP contribution < -0.4 is 4.90 Å². The van der Waals surface area contributed by atoms with Crippen LogP contribution >= 0.6 is 11.6 Å². The average Bonchev–Trinajstić information content (AvgIpc) is 2.36. The van der Waals surface area contributed by atoms with Crippen LogP contribution in [-0.4, -0.2) is 12.2 Å². The molecule has 0 fully saturated rings. The summed E-state index contributed by atoms with van der Waals surface area (Å²) in [5.74, 6) is 0. The summed E-state index contributed by atoms with van der Waals surface area (Å²) in [7, 11) is 2.00. The van der Waals surface area contributed by atoms with Crippen molar-refractivity contribution in [3.63, 3.8) is 0 Å². The first-order chi connectivity index (χ1) is 9.38. The van der Waals surface area contributed by atoms with Gasteiger partial charge >= 0.3 is 0 Å². The van der Waals surface area contributed by atoms with Crippen molar-refractivity contribution in [2.45, 2.75) is 26.9 Å². The molecule has 2 aromatic carbocycles. The first-order valence-corrected chi connectivity index (χ1v) is 7.06. The SMILES string of the molecule is Cc1cc(C)cc(N(C)c2ccc(C(C)O)cc2Cl)c1. The molecule has 0 amide bonds. The van der Waals surface area contributed by atoms with Crippen LogP contribution in [0.5, 0.6) is 0 Å². The van der Waals surface area contributed by atoms with E-state index < -0.39 is 6.10 Å². The van der Waals surface area contributed by atoms with Gasteiger partial charge in [-0.2, -0.15) is 0 Å². The maximum absolute atomic E-state index is 9.60. The van der Waals surface area contributed by atoms with Gasteiger partial charge in [0.1, 0.15) is 0 Å². The first-order valence-electron chi connectivity index (χ1n) is 6.68. The summed E-state index contributed by atoms with van der Waals surface area (Å²) in [4.78, 5) is 2.06. The van der Waals surface area contributed by atoms with Crippen molar-refractivity contribution in [3.8, 4) is 0 Å². The maximum atomic E-state index is 9.60. The Labute approximate surface area is 125 Å². The van der Waals surface area contributed by atoms with E-state index in [1.165, 1.54) is 11.1 Å². The summed E-state index contributed by atoms with van der Waals surface area (Å²) in [5.41, 5.74) is 5.31. The number of benzene rings is 2. The minimum Gasteiger partial charge on any atom is -0.389 e. The second kappa shape index (κ2) is 5.86. The molecule has 0 aromatic heterocycles. The molecule has 106 valence electrons. The monoisotopic (exact) mass is 289 g/mol. The molecule has 1 unspecified atom stereocenters. The second-order valence-corrected chi connectivity index (χ2v) is 5.70. The van der Waals surface area contributed by atoms with Gasteiger partial charge in [0.05, 0.1) is 16.8 Å². The van der Waals surface area contributed by atoms with Crippen LogP contribution in [0.15, 0.2) is 36.4 Å². The standard InChI is InChI=1S/C17H20ClNO/c1-11-7-12(2)9-15(8-11)19(4)17-6-5-14(13(3)20)10-16(17)18/h5-10,13,20H,1-4H3. The largest absolute Gasteiger partial charge is 0.389 e. The van der Waals surface area contributed by atoms with E-state index in [-0.39, 0.29) is 0 Å². The Balaban J connectivity index is 2.40. The predicted molar refractivity (Wildman–Crippen MR) is 86.1 cm³/mol. The smallest absolute Gasteiger partial charge is 0.0762 e. The van der Waals surface area contributed by atoms with Crippen molar-refractivity contribution in [3.05, 3.63) is 58.1 Å². The van der Waals surface area contributed by atoms with Gasteiger partial charge in [0, 0.05) is 12.7 Å². The Morgan fingerprint density at radius 2 is 1.65 bits per heavy atom. The highest BCUT2D eigenvalue weighted by Crippen LogP contribution is 2.33. The summed E-state index contributed by atoms with van der Waals surface area (Å²) in [6.45, 7) is 5.91. The lowest BCUT2D eigenvalue weighted by Crippen LogP contribution is -2.10. The normalized spacial score (nSPS) is 12.3. The van der Waals surface area contributed by atoms with Crippen molar-refractivity contribution in [1.29, 1.82) is 0 Å². The minimum atomic E-state index is -0.506. The van der Waals surface area contributed by atoms with Crippen molar-refractivity contribution in [2.75, 3.05) is 11.9 Å². The van der Waals surface area contributed by atoms with Gasteiger partial charge in [-0.25, -0.2) is 0 Å². The zero-order valence-electron chi connectivity index (χ0n) is 12.3. The van der Waals surface area contributed by atoms with Crippen LogP contribution in [0.2, 0.25) is 5.02 Å². The molecule has 0 saturated carbocycles. The zero-order chi connectivity index (χ0) is 14.9. The van der Waals surface area contributed by atoms with E-state index in [1.54, 1.807) is 6.92 Å². The molecule has 0 aliphatic carbocycles. The fraction of sp³-hybridized carbons (Fsp3) is 0.294. The molecule has 1 N–H and O–H groups in total. The Hall–Kier alpha value is -1.51. The number of aryl methyl sites for hydroxylation is 2. The van der Waals surface area contributed by atoms with Gasteiger partial charge in [-0.05, 0) is 61.7 Å². The van der Waals surface area contributed by atoms with Gasteiger partial charge in [0.15, 0.2) is 0 Å². The molecule has 0 heterocycles. The van der Waals surface area contributed by atoms with Crippen molar-refractivity contribution >= 4 is 23.0 Å². The maximum Gasteiger partial charge on any atom is 0.0762 e. The molecule has 0 bridgehead atoms. The highest BCUT2D eigenvalue weighted by atomic mass is 35.5. The summed E-state index contributed by atoms with van der Waals surface area (Å²) >= 11 is 6.35. The molecule has 0 aliphatic rings. The van der Waals surface area contributed by atoms with Crippen LogP contribution in [-0.2, 0) is 0 Å². The number of rotatable bonds is 3. The number of aliphatic hydroxyl groups excluding tert-OH is 1. The minimum absolute atomic E-state index is 0.506. The van der Waals surface area contributed by atoms with Crippen LogP contribution in [0.4, 0.5) is 11.4 Å². The number of aliphatic hydroxyl groups is 1. The lowest BCUT2D eigenvalue weighted by molar-refractivity contribution is 0.199. The number of halogens is 1. The van der Waals surface area contributed by atoms with Crippen LogP contribution in [0.3, 0.4) is 0 Å². The lowest BCUT2D eigenvalue weighted by Gasteiger charge is -2.22. The third-order valence-corrected chi connectivity index (χ3v) is 3.71. The topological polar surface area (TPSA) is 23.5 Å². The Morgan fingerprint density at radius 1 is 1.05 bits per heavy atom. The fourth-order valence-electron chi connectivity index (χ4n) is 2.34. The van der Waals surface area contributed by atoms with Crippen molar-refractivity contribution in [2.24, 2.45) is 0 Å². The van der Waals surface area contributed by atoms with E-state index in [1.807, 2.05) is 25.2 Å². The molecule has 0 aliphatic heterocycles. The Morgan fingerprint density at radius 3 is 2.15 bits per heavy atom. The fourth-order valence-corrected chi connectivity index (χ4v) is 2.65. The molecule has 0 radical (unpaired) electrons. The summed E-state index contributed by atoms with van der Waals surface area (Å²) in [6.07, 6.45) is -0.506. The predicted octanol–water partition coefficient (Wildman–Crippen LogP) is 4.78. The van der Waals surface area contributed by atoms with Crippen molar-refractivity contribution in [1.82, 2.24) is 0 Å². The van der Waals surface area contributed by atoms with Crippen LogP contribution in [0, 0.1) is 13.8 Å². The van der Waals surface area contributed by atoms with E-state index in [9.17, 15) is 5.11 Å². The summed E-state index contributed by atoms with van der Waals surface area (Å²) in [6, 6.07) is 12.1. The van der Waals surface area contributed by atoms with Crippen molar-refractivity contribution < 1.29 is 5.11 Å². The van der Waals surface area contributed by atoms with Gasteiger partial charge in [-0.15, -0.1) is 0 Å². The average molecular weight is 290 g/mol. The molecular weight excluding hydrogens is 270 g/mol. The molecular formula is C17H20ClNO. The Bertz CT molecular complexity index is 602. The molecule has 20 heavy (non-hydrogen) atoms. The molecule has 3 heteroatoms. The van der Waals surface area contributed by atoms with E-state index in [0.717, 1.165) is 16.9 Å².